The van der Waals surface area contributed by atoms with Gasteiger partial charge in [0, 0.05) is 18.7 Å². The first-order chi connectivity index (χ1) is 10.4. The molecule has 4 heterocycles. The Morgan fingerprint density at radius 2 is 2.29 bits per heavy atom. The van der Waals surface area contributed by atoms with E-state index >= 15 is 0 Å². The van der Waals surface area contributed by atoms with Crippen LogP contribution in [0.2, 0.25) is 0 Å². The van der Waals surface area contributed by atoms with Gasteiger partial charge in [-0.25, -0.2) is 9.97 Å². The van der Waals surface area contributed by atoms with Crippen LogP contribution in [0.15, 0.2) is 18.3 Å². The first kappa shape index (κ1) is 13.6. The minimum atomic E-state index is 0.531. The van der Waals surface area contributed by atoms with Crippen LogP contribution in [0.4, 0.5) is 0 Å². The Bertz CT molecular complexity index is 612. The number of hydrogen-bond donors (Lipinski definition) is 1. The van der Waals surface area contributed by atoms with Gasteiger partial charge in [0.05, 0.1) is 5.37 Å². The second-order valence-electron chi connectivity index (χ2n) is 6.06. The average molecular weight is 302 g/mol. The number of nitrogens with one attached hydrogen (secondary N) is 1. The monoisotopic (exact) mass is 302 g/mol. The number of nitrogens with zero attached hydrogens (tertiary/aromatic N) is 3. The zero-order valence-electron chi connectivity index (χ0n) is 12.3. The van der Waals surface area contributed by atoms with E-state index in [0.717, 1.165) is 24.1 Å². The van der Waals surface area contributed by atoms with Gasteiger partial charge < -0.3 is 5.32 Å². The molecule has 5 heteroatoms. The molecule has 2 aromatic rings. The molecule has 0 spiro atoms. The third-order valence-corrected chi connectivity index (χ3v) is 5.91. The summed E-state index contributed by atoms with van der Waals surface area (Å²) in [5.74, 6) is 2.49. The average Bonchev–Trinajstić information content (AvgIpc) is 3.14. The van der Waals surface area contributed by atoms with Crippen molar-refractivity contribution in [3.05, 3.63) is 24.2 Å². The lowest BCUT2D eigenvalue weighted by molar-refractivity contribution is 0.389. The molecule has 4 nitrogen and oxygen atoms in total. The minimum Gasteiger partial charge on any atom is -0.314 e. The Morgan fingerprint density at radius 3 is 3.10 bits per heavy atom. The van der Waals surface area contributed by atoms with E-state index < -0.39 is 0 Å². The summed E-state index contributed by atoms with van der Waals surface area (Å²) in [4.78, 5) is 9.50. The molecule has 1 N–H and O–H groups in total. The number of piperidine rings is 1. The zero-order chi connectivity index (χ0) is 14.1. The number of hydrogen-bond acceptors (Lipinski definition) is 4. The molecular formula is C16H22N4S. The van der Waals surface area contributed by atoms with Crippen molar-refractivity contribution in [2.24, 2.45) is 0 Å². The van der Waals surface area contributed by atoms with E-state index in [-0.39, 0.29) is 0 Å². The lowest BCUT2D eigenvalue weighted by atomic mass is 10.0. The molecule has 4 rings (SSSR count). The van der Waals surface area contributed by atoms with Crippen LogP contribution in [0.1, 0.15) is 43.3 Å². The summed E-state index contributed by atoms with van der Waals surface area (Å²) < 4.78 is 2.42. The summed E-state index contributed by atoms with van der Waals surface area (Å²) in [5, 5.41) is 4.18. The van der Waals surface area contributed by atoms with Crippen molar-refractivity contribution in [2.45, 2.75) is 49.9 Å². The summed E-state index contributed by atoms with van der Waals surface area (Å²) >= 11 is 2.05. The van der Waals surface area contributed by atoms with E-state index in [1.54, 1.807) is 0 Å². The number of imidazole rings is 1. The van der Waals surface area contributed by atoms with Crippen molar-refractivity contribution >= 4 is 22.9 Å². The Labute approximate surface area is 129 Å². The molecule has 2 fully saturated rings. The van der Waals surface area contributed by atoms with E-state index in [2.05, 4.69) is 32.7 Å². The maximum Gasteiger partial charge on any atom is 0.160 e. The third kappa shape index (κ3) is 2.69. The van der Waals surface area contributed by atoms with Crippen LogP contribution in [0, 0.1) is 0 Å². The molecule has 0 radical (unpaired) electrons. The molecule has 2 aliphatic rings. The highest BCUT2D eigenvalue weighted by Crippen LogP contribution is 2.38. The Hall–Kier alpha value is -1.07. The van der Waals surface area contributed by atoms with E-state index in [1.807, 2.05) is 12.3 Å². The summed E-state index contributed by atoms with van der Waals surface area (Å²) in [7, 11) is 0. The van der Waals surface area contributed by atoms with E-state index in [9.17, 15) is 0 Å². The molecule has 0 bridgehead atoms. The highest BCUT2D eigenvalue weighted by atomic mass is 32.2. The van der Waals surface area contributed by atoms with Gasteiger partial charge in [-0.15, -0.1) is 11.8 Å². The molecule has 2 aliphatic heterocycles. The lowest BCUT2D eigenvalue weighted by Gasteiger charge is -2.24. The van der Waals surface area contributed by atoms with Crippen LogP contribution < -0.4 is 5.32 Å². The Morgan fingerprint density at radius 1 is 1.29 bits per heavy atom. The van der Waals surface area contributed by atoms with Gasteiger partial charge in [0.1, 0.15) is 11.3 Å². The third-order valence-electron chi connectivity index (χ3n) is 4.56. The molecular weight excluding hydrogens is 280 g/mol. The largest absolute Gasteiger partial charge is 0.314 e. The fraction of sp³-hybridized carbons (Fsp3) is 0.625. The van der Waals surface area contributed by atoms with Crippen LogP contribution in [0.25, 0.3) is 11.2 Å². The Kier molecular flexibility index (Phi) is 3.86. The van der Waals surface area contributed by atoms with Gasteiger partial charge in [-0.05, 0) is 50.1 Å². The molecule has 2 unspecified atom stereocenters. The van der Waals surface area contributed by atoms with Crippen LogP contribution >= 0.6 is 11.8 Å². The smallest absolute Gasteiger partial charge is 0.160 e. The predicted molar refractivity (Wildman–Crippen MR) is 87.6 cm³/mol. The topological polar surface area (TPSA) is 42.7 Å². The van der Waals surface area contributed by atoms with Crippen molar-refractivity contribution in [2.75, 3.05) is 12.3 Å². The van der Waals surface area contributed by atoms with Crippen LogP contribution in [-0.2, 0) is 6.42 Å². The minimum absolute atomic E-state index is 0.531. The number of fused-ring (bicyclic) bond motifs is 1. The van der Waals surface area contributed by atoms with Crippen LogP contribution in [-0.4, -0.2) is 32.9 Å². The molecule has 2 saturated heterocycles. The molecule has 2 aromatic heterocycles. The molecule has 0 amide bonds. The number of aromatic nitrogens is 3. The van der Waals surface area contributed by atoms with Crippen molar-refractivity contribution < 1.29 is 0 Å². The summed E-state index contributed by atoms with van der Waals surface area (Å²) in [5.41, 5.74) is 2.12. The van der Waals surface area contributed by atoms with Gasteiger partial charge in [-0.2, -0.15) is 0 Å². The molecule has 21 heavy (non-hydrogen) atoms. The number of pyridine rings is 1. The molecule has 0 aromatic carbocycles. The van der Waals surface area contributed by atoms with E-state index in [0.29, 0.717) is 11.4 Å². The zero-order valence-corrected chi connectivity index (χ0v) is 13.1. The fourth-order valence-electron chi connectivity index (χ4n) is 3.51. The number of thioether (sulfide) groups is 1. The summed E-state index contributed by atoms with van der Waals surface area (Å²) in [6.45, 7) is 1.15. The maximum absolute atomic E-state index is 4.90. The highest BCUT2D eigenvalue weighted by Gasteiger charge is 2.25. The van der Waals surface area contributed by atoms with Crippen molar-refractivity contribution in [1.82, 2.24) is 19.9 Å². The van der Waals surface area contributed by atoms with Gasteiger partial charge in [0.15, 0.2) is 5.65 Å². The number of rotatable bonds is 3. The van der Waals surface area contributed by atoms with E-state index in [4.69, 9.17) is 4.98 Å². The first-order valence-electron chi connectivity index (χ1n) is 8.08. The SMILES string of the molecule is c1cnc2c(c1)nc(CC1CCCCN1)n2C1CCCS1. The normalized spacial score (nSPS) is 26.5. The van der Waals surface area contributed by atoms with E-state index in [1.165, 1.54) is 43.7 Å². The van der Waals surface area contributed by atoms with Gasteiger partial charge in [0.25, 0.3) is 0 Å². The quantitative estimate of drug-likeness (QED) is 0.946. The standard InChI is InChI=1S/C16H22N4S/c1-2-8-17-12(5-1)11-14-19-13-6-3-9-18-16(13)20(14)15-7-4-10-21-15/h3,6,9,12,15,17H,1-2,4-5,7-8,10-11H2. The summed E-state index contributed by atoms with van der Waals surface area (Å²) in [6, 6.07) is 4.67. The van der Waals surface area contributed by atoms with Crippen LogP contribution in [0.5, 0.6) is 0 Å². The summed E-state index contributed by atoms with van der Waals surface area (Å²) in [6.07, 6.45) is 9.41. The lowest BCUT2D eigenvalue weighted by Crippen LogP contribution is -2.36. The Balaban J connectivity index is 1.70. The maximum atomic E-state index is 4.90. The van der Waals surface area contributed by atoms with Gasteiger partial charge in [0.2, 0.25) is 0 Å². The van der Waals surface area contributed by atoms with Crippen molar-refractivity contribution in [1.29, 1.82) is 0 Å². The second kappa shape index (κ2) is 5.97. The molecule has 112 valence electrons. The highest BCUT2D eigenvalue weighted by molar-refractivity contribution is 7.99. The molecule has 2 atom stereocenters. The van der Waals surface area contributed by atoms with Gasteiger partial charge in [-0.3, -0.25) is 4.57 Å². The second-order valence-corrected chi connectivity index (χ2v) is 7.35. The van der Waals surface area contributed by atoms with Gasteiger partial charge >= 0.3 is 0 Å². The van der Waals surface area contributed by atoms with Crippen molar-refractivity contribution in [3.63, 3.8) is 0 Å². The predicted octanol–water partition coefficient (Wildman–Crippen LogP) is 3.14. The van der Waals surface area contributed by atoms with Crippen molar-refractivity contribution in [3.8, 4) is 0 Å². The van der Waals surface area contributed by atoms with Gasteiger partial charge in [-0.1, -0.05) is 6.42 Å². The fourth-order valence-corrected chi connectivity index (χ4v) is 4.82. The molecule has 0 aliphatic carbocycles. The first-order valence-corrected chi connectivity index (χ1v) is 9.13. The molecule has 0 saturated carbocycles. The van der Waals surface area contributed by atoms with Crippen LogP contribution in [0.3, 0.4) is 0 Å².